The first-order valence-corrected chi connectivity index (χ1v) is 4.23. The Hall–Kier alpha value is -0.391. The van der Waals surface area contributed by atoms with Crippen LogP contribution < -0.4 is 0 Å². The average Bonchev–Trinajstić information content (AvgIpc) is 2.40. The average molecular weight is 311 g/mol. The van der Waals surface area contributed by atoms with E-state index in [1.165, 1.54) is 10.5 Å². The number of hydrogen-bond donors (Lipinski definition) is 0. The Bertz CT molecular complexity index is 158. The summed E-state index contributed by atoms with van der Waals surface area (Å²) in [7, 11) is 0. The van der Waals surface area contributed by atoms with Gasteiger partial charge in [0.05, 0.1) is 0 Å². The van der Waals surface area contributed by atoms with Gasteiger partial charge in [0.15, 0.2) is 0 Å². The van der Waals surface area contributed by atoms with Crippen molar-refractivity contribution in [1.82, 2.24) is 0 Å². The van der Waals surface area contributed by atoms with Crippen LogP contribution in [-0.4, -0.2) is 0 Å². The van der Waals surface area contributed by atoms with Gasteiger partial charge in [-0.3, -0.25) is 0 Å². The molecule has 0 heterocycles. The van der Waals surface area contributed by atoms with Gasteiger partial charge in [-0.2, -0.15) is 0 Å². The molecule has 0 unspecified atom stereocenters. The van der Waals surface area contributed by atoms with Crippen molar-refractivity contribution in [1.29, 1.82) is 0 Å². The maximum absolute atomic E-state index is 3.36. The number of allylic oxidation sites excluding steroid dienone is 6. The van der Waals surface area contributed by atoms with E-state index in [1.54, 1.807) is 12.2 Å². The molecule has 0 aliphatic heterocycles. The molecule has 0 amide bonds. The van der Waals surface area contributed by atoms with E-state index >= 15 is 0 Å². The van der Waals surface area contributed by atoms with Crippen LogP contribution in [0.5, 0.6) is 0 Å². The molecule has 10 heavy (non-hydrogen) atoms. The second-order valence-electron chi connectivity index (χ2n) is 1.69. The Morgan fingerprint density at radius 3 is 2.10 bits per heavy atom. The van der Waals surface area contributed by atoms with E-state index in [0.717, 1.165) is 0 Å². The molecule has 56 valence electrons. The molecule has 0 saturated carbocycles. The predicted molar refractivity (Wildman–Crippen MR) is 42.2 cm³/mol. The molecule has 0 atom stereocenters. The first-order valence-electron chi connectivity index (χ1n) is 3.03. The fourth-order valence-corrected chi connectivity index (χ4v) is 0.924. The van der Waals surface area contributed by atoms with Gasteiger partial charge < -0.3 is 0 Å². The van der Waals surface area contributed by atoms with Crippen molar-refractivity contribution in [3.8, 4) is 0 Å². The van der Waals surface area contributed by atoms with E-state index in [9.17, 15) is 0 Å². The predicted octanol–water partition coefficient (Wildman–Crippen LogP) is 2.74. The number of rotatable bonds is 1. The summed E-state index contributed by atoms with van der Waals surface area (Å²) < 4.78 is 1.47. The normalized spacial score (nSPS) is 13.2. The van der Waals surface area contributed by atoms with E-state index in [2.05, 4.69) is 50.3 Å². The number of hydrogen-bond acceptors (Lipinski definition) is 0. The van der Waals surface area contributed by atoms with Gasteiger partial charge in [0, 0.05) is 0 Å². The van der Waals surface area contributed by atoms with Gasteiger partial charge in [-0.15, -0.1) is 0 Å². The van der Waals surface area contributed by atoms with Gasteiger partial charge in [-0.05, 0) is 0 Å². The molecule has 0 aromatic carbocycles. The van der Waals surface area contributed by atoms with Crippen molar-refractivity contribution in [2.24, 2.45) is 0 Å². The summed E-state index contributed by atoms with van der Waals surface area (Å²) in [6, 6.07) is 0. The zero-order valence-corrected chi connectivity index (χ0v) is 8.24. The second kappa shape index (κ2) is 6.73. The fraction of sp³-hybridized carbons (Fsp3) is 0.111. The Morgan fingerprint density at radius 1 is 1.40 bits per heavy atom. The minimum atomic E-state index is 1.17. The zero-order chi connectivity index (χ0) is 7.82. The molecule has 0 aromatic rings. The summed E-state index contributed by atoms with van der Waals surface area (Å²) in [6.45, 7) is 6.72. The van der Waals surface area contributed by atoms with Crippen LogP contribution in [0.25, 0.3) is 0 Å². The second-order valence-corrected chi connectivity index (χ2v) is 3.23. The summed E-state index contributed by atoms with van der Waals surface area (Å²) in [4.78, 5) is 0. The monoisotopic (exact) mass is 312 g/mol. The van der Waals surface area contributed by atoms with Crippen molar-refractivity contribution in [3.05, 3.63) is 47.6 Å². The van der Waals surface area contributed by atoms with Crippen molar-refractivity contribution in [2.45, 2.75) is 6.42 Å². The van der Waals surface area contributed by atoms with Crippen LogP contribution in [-0.2, 0) is 18.9 Å². The molecule has 0 aromatic heterocycles. The van der Waals surface area contributed by atoms with E-state index in [-0.39, 0.29) is 0 Å². The van der Waals surface area contributed by atoms with Crippen LogP contribution >= 0.6 is 0 Å². The van der Waals surface area contributed by atoms with Crippen molar-refractivity contribution in [2.75, 3.05) is 0 Å². The quantitative estimate of drug-likeness (QED) is 0.653. The molecule has 0 saturated heterocycles. The molecule has 1 heteroatoms. The molecule has 0 bridgehead atoms. The third kappa shape index (κ3) is 5.74. The van der Waals surface area contributed by atoms with Gasteiger partial charge in [-0.1, -0.05) is 25.3 Å². The van der Waals surface area contributed by atoms with Gasteiger partial charge in [-0.25, -0.2) is 0 Å². The standard InChI is InChI=1S/C5H5.C4H6.Ir/c1-2-4-5-3-1;1-3-4-2;/h1-3H,4H2;3-4H,1-2H2;. The van der Waals surface area contributed by atoms with Crippen molar-refractivity contribution >= 4 is 0 Å². The molecular weight excluding hydrogens is 300 g/mol. The summed E-state index contributed by atoms with van der Waals surface area (Å²) >= 11 is 2.14. The first-order chi connectivity index (χ1) is 4.81. The van der Waals surface area contributed by atoms with E-state index in [4.69, 9.17) is 0 Å². The van der Waals surface area contributed by atoms with Crippen LogP contribution in [0.2, 0.25) is 0 Å². The molecular formula is C9H11Ir. The van der Waals surface area contributed by atoms with Gasteiger partial charge in [0.1, 0.15) is 0 Å². The van der Waals surface area contributed by atoms with E-state index < -0.39 is 0 Å². The Labute approximate surface area is 73.2 Å². The summed E-state index contributed by atoms with van der Waals surface area (Å²) in [5.41, 5.74) is 0. The Morgan fingerprint density at radius 2 is 2.00 bits per heavy atom. The van der Waals surface area contributed by atoms with Gasteiger partial charge in [0.25, 0.3) is 0 Å². The molecule has 0 N–H and O–H groups in total. The summed E-state index contributed by atoms with van der Waals surface area (Å²) in [5.74, 6) is 0. The summed E-state index contributed by atoms with van der Waals surface area (Å²) in [6.07, 6.45) is 10.8. The van der Waals surface area contributed by atoms with Gasteiger partial charge >= 0.3 is 47.6 Å². The SMILES string of the molecule is C=CC=C.[Ir][C]1=CC=CC1. The van der Waals surface area contributed by atoms with E-state index in [1.807, 2.05) is 0 Å². The Balaban J connectivity index is 0.000000180. The third-order valence-corrected chi connectivity index (χ3v) is 1.76. The van der Waals surface area contributed by atoms with Gasteiger partial charge in [0.2, 0.25) is 0 Å². The maximum atomic E-state index is 3.36. The van der Waals surface area contributed by atoms with Crippen molar-refractivity contribution < 1.29 is 18.9 Å². The van der Waals surface area contributed by atoms with Crippen LogP contribution in [0.15, 0.2) is 47.6 Å². The molecule has 0 nitrogen and oxygen atoms in total. The van der Waals surface area contributed by atoms with Crippen LogP contribution in [0.1, 0.15) is 6.42 Å². The third-order valence-electron chi connectivity index (χ3n) is 0.876. The topological polar surface area (TPSA) is 0 Å². The summed E-state index contributed by atoms with van der Waals surface area (Å²) in [5, 5.41) is 0. The minimum absolute atomic E-state index is 1.17. The van der Waals surface area contributed by atoms with Crippen LogP contribution in [0.3, 0.4) is 0 Å². The molecule has 0 fully saturated rings. The molecule has 1 aliphatic carbocycles. The van der Waals surface area contributed by atoms with Crippen molar-refractivity contribution in [3.63, 3.8) is 0 Å². The molecule has 0 spiro atoms. The molecule has 0 radical (unpaired) electrons. The Kier molecular flexibility index (Phi) is 6.46. The molecule has 1 aliphatic rings. The zero-order valence-electron chi connectivity index (χ0n) is 5.84. The fourth-order valence-electron chi connectivity index (χ4n) is 0.412. The van der Waals surface area contributed by atoms with Crippen LogP contribution in [0, 0.1) is 0 Å². The first kappa shape index (κ1) is 9.61. The van der Waals surface area contributed by atoms with Crippen LogP contribution in [0.4, 0.5) is 0 Å². The molecule has 1 rings (SSSR count). The van der Waals surface area contributed by atoms with E-state index in [0.29, 0.717) is 0 Å².